The number of nitrogens with zero attached hydrogens (tertiary/aromatic N) is 4. The van der Waals surface area contributed by atoms with Gasteiger partial charge in [0, 0.05) is 26.7 Å². The summed E-state index contributed by atoms with van der Waals surface area (Å²) in [7, 11) is 1.64. The van der Waals surface area contributed by atoms with Gasteiger partial charge < -0.3 is 19.7 Å². The summed E-state index contributed by atoms with van der Waals surface area (Å²) in [6.07, 6.45) is 0. The number of methoxy groups -OCH3 is 1. The number of nitrogens with one attached hydrogen (secondary N) is 1. The number of aromatic nitrogens is 3. The molecule has 1 N–H and O–H groups in total. The maximum atomic E-state index is 5.89. The van der Waals surface area contributed by atoms with Crippen molar-refractivity contribution in [2.24, 2.45) is 0 Å². The largest absolute Gasteiger partial charge is 0.383 e. The Balaban J connectivity index is 2.05. The van der Waals surface area contributed by atoms with Crippen LogP contribution in [0.5, 0.6) is 0 Å². The van der Waals surface area contributed by atoms with Crippen molar-refractivity contribution < 1.29 is 9.47 Å². The van der Waals surface area contributed by atoms with Crippen LogP contribution >= 0.6 is 11.6 Å². The second-order valence-corrected chi connectivity index (χ2v) is 4.09. The summed E-state index contributed by atoms with van der Waals surface area (Å²) in [5, 5.41) is 3.22. The van der Waals surface area contributed by atoms with Crippen molar-refractivity contribution in [2.75, 3.05) is 56.8 Å². The molecule has 0 aromatic carbocycles. The molecule has 2 rings (SSSR count). The molecule has 2 heterocycles. The number of rotatable bonds is 5. The SMILES string of the molecule is COCCNc1nc(Cl)nc(N2CCOCC2)n1. The van der Waals surface area contributed by atoms with Crippen LogP contribution in [0.15, 0.2) is 0 Å². The van der Waals surface area contributed by atoms with Gasteiger partial charge in [0.1, 0.15) is 0 Å². The van der Waals surface area contributed by atoms with E-state index >= 15 is 0 Å². The highest BCUT2D eigenvalue weighted by Gasteiger charge is 2.15. The highest BCUT2D eigenvalue weighted by atomic mass is 35.5. The lowest BCUT2D eigenvalue weighted by Gasteiger charge is -2.26. The molecule has 1 aromatic rings. The first-order chi connectivity index (χ1) is 8.79. The van der Waals surface area contributed by atoms with Crippen LogP contribution in [0.4, 0.5) is 11.9 Å². The summed E-state index contributed by atoms with van der Waals surface area (Å²) in [6.45, 7) is 4.08. The Hall–Kier alpha value is -1.18. The molecule has 0 spiro atoms. The van der Waals surface area contributed by atoms with E-state index in [1.807, 2.05) is 4.90 Å². The molecule has 100 valence electrons. The van der Waals surface area contributed by atoms with Crippen molar-refractivity contribution in [3.05, 3.63) is 5.28 Å². The first-order valence-corrected chi connectivity index (χ1v) is 6.14. The molecule has 1 aliphatic rings. The van der Waals surface area contributed by atoms with E-state index in [1.165, 1.54) is 0 Å². The van der Waals surface area contributed by atoms with Gasteiger partial charge in [0.2, 0.25) is 17.2 Å². The monoisotopic (exact) mass is 273 g/mol. The second kappa shape index (κ2) is 6.67. The van der Waals surface area contributed by atoms with Crippen LogP contribution in [0.1, 0.15) is 0 Å². The molecule has 8 heteroatoms. The van der Waals surface area contributed by atoms with Crippen LogP contribution in [0.3, 0.4) is 0 Å². The Morgan fingerprint density at radius 3 is 2.83 bits per heavy atom. The molecule has 1 aliphatic heterocycles. The average Bonchev–Trinajstić information content (AvgIpc) is 2.39. The Morgan fingerprint density at radius 1 is 1.33 bits per heavy atom. The third-order valence-electron chi connectivity index (χ3n) is 2.48. The number of morpholine rings is 1. The van der Waals surface area contributed by atoms with Crippen LogP contribution in [0.2, 0.25) is 5.28 Å². The number of hydrogen-bond donors (Lipinski definition) is 1. The van der Waals surface area contributed by atoms with Crippen molar-refractivity contribution in [3.8, 4) is 0 Å². The van der Waals surface area contributed by atoms with Gasteiger partial charge >= 0.3 is 0 Å². The first kappa shape index (κ1) is 13.3. The van der Waals surface area contributed by atoms with E-state index in [4.69, 9.17) is 21.1 Å². The van der Waals surface area contributed by atoms with Crippen molar-refractivity contribution in [3.63, 3.8) is 0 Å². The number of halogens is 1. The van der Waals surface area contributed by atoms with E-state index in [-0.39, 0.29) is 5.28 Å². The Kier molecular flexibility index (Phi) is 4.91. The van der Waals surface area contributed by atoms with Crippen LogP contribution in [-0.4, -0.2) is 61.5 Å². The second-order valence-electron chi connectivity index (χ2n) is 3.75. The molecular formula is C10H16ClN5O2. The molecule has 0 amide bonds. The van der Waals surface area contributed by atoms with E-state index in [9.17, 15) is 0 Å². The zero-order valence-corrected chi connectivity index (χ0v) is 11.0. The average molecular weight is 274 g/mol. The fraction of sp³-hybridized carbons (Fsp3) is 0.700. The highest BCUT2D eigenvalue weighted by Crippen LogP contribution is 2.14. The van der Waals surface area contributed by atoms with Gasteiger partial charge in [-0.2, -0.15) is 15.0 Å². The van der Waals surface area contributed by atoms with Crippen LogP contribution in [0.25, 0.3) is 0 Å². The Labute approximate surface area is 110 Å². The zero-order chi connectivity index (χ0) is 12.8. The van der Waals surface area contributed by atoms with E-state index in [2.05, 4.69) is 20.3 Å². The lowest BCUT2D eigenvalue weighted by molar-refractivity contribution is 0.122. The van der Waals surface area contributed by atoms with Gasteiger partial charge in [-0.3, -0.25) is 0 Å². The predicted molar refractivity (Wildman–Crippen MR) is 68.2 cm³/mol. The molecule has 1 fully saturated rings. The van der Waals surface area contributed by atoms with Gasteiger partial charge in [-0.25, -0.2) is 0 Å². The highest BCUT2D eigenvalue weighted by molar-refractivity contribution is 6.28. The summed E-state index contributed by atoms with van der Waals surface area (Å²) in [5.41, 5.74) is 0. The maximum absolute atomic E-state index is 5.89. The Morgan fingerprint density at radius 2 is 2.11 bits per heavy atom. The molecule has 0 radical (unpaired) electrons. The summed E-state index contributed by atoms with van der Waals surface area (Å²) >= 11 is 5.89. The minimum Gasteiger partial charge on any atom is -0.383 e. The molecule has 0 aliphatic carbocycles. The molecule has 0 saturated carbocycles. The molecule has 0 atom stereocenters. The van der Waals surface area contributed by atoms with E-state index in [0.717, 1.165) is 13.1 Å². The lowest BCUT2D eigenvalue weighted by atomic mass is 10.4. The Bertz CT molecular complexity index is 387. The van der Waals surface area contributed by atoms with E-state index < -0.39 is 0 Å². The molecular weight excluding hydrogens is 258 g/mol. The summed E-state index contributed by atoms with van der Waals surface area (Å²) in [4.78, 5) is 14.5. The van der Waals surface area contributed by atoms with Crippen molar-refractivity contribution in [1.29, 1.82) is 0 Å². The van der Waals surface area contributed by atoms with Crippen LogP contribution in [-0.2, 0) is 9.47 Å². The van der Waals surface area contributed by atoms with Crippen molar-refractivity contribution in [1.82, 2.24) is 15.0 Å². The van der Waals surface area contributed by atoms with Gasteiger partial charge in [-0.1, -0.05) is 0 Å². The van der Waals surface area contributed by atoms with Gasteiger partial charge in [0.05, 0.1) is 19.8 Å². The van der Waals surface area contributed by atoms with Gasteiger partial charge in [-0.05, 0) is 11.6 Å². The fourth-order valence-electron chi connectivity index (χ4n) is 1.59. The van der Waals surface area contributed by atoms with Gasteiger partial charge in [-0.15, -0.1) is 0 Å². The zero-order valence-electron chi connectivity index (χ0n) is 10.2. The van der Waals surface area contributed by atoms with E-state index in [0.29, 0.717) is 38.3 Å². The molecule has 0 unspecified atom stereocenters. The topological polar surface area (TPSA) is 72.4 Å². The third kappa shape index (κ3) is 3.66. The van der Waals surface area contributed by atoms with Crippen LogP contribution in [0, 0.1) is 0 Å². The van der Waals surface area contributed by atoms with Crippen molar-refractivity contribution in [2.45, 2.75) is 0 Å². The van der Waals surface area contributed by atoms with Crippen LogP contribution < -0.4 is 10.2 Å². The lowest BCUT2D eigenvalue weighted by Crippen LogP contribution is -2.37. The predicted octanol–water partition coefficient (Wildman–Crippen LogP) is 0.420. The summed E-state index contributed by atoms with van der Waals surface area (Å²) < 4.78 is 10.2. The van der Waals surface area contributed by atoms with Gasteiger partial charge in [0.15, 0.2) is 0 Å². The minimum absolute atomic E-state index is 0.186. The molecule has 1 aromatic heterocycles. The normalized spacial score (nSPS) is 15.8. The first-order valence-electron chi connectivity index (χ1n) is 5.76. The molecule has 18 heavy (non-hydrogen) atoms. The maximum Gasteiger partial charge on any atom is 0.231 e. The molecule has 0 bridgehead atoms. The number of ether oxygens (including phenoxy) is 2. The summed E-state index contributed by atoms with van der Waals surface area (Å²) in [5.74, 6) is 1.05. The quantitative estimate of drug-likeness (QED) is 0.780. The fourth-order valence-corrected chi connectivity index (χ4v) is 1.74. The number of hydrogen-bond acceptors (Lipinski definition) is 7. The smallest absolute Gasteiger partial charge is 0.231 e. The summed E-state index contributed by atoms with van der Waals surface area (Å²) in [6, 6.07) is 0. The molecule has 1 saturated heterocycles. The number of anilines is 2. The van der Waals surface area contributed by atoms with Crippen molar-refractivity contribution >= 4 is 23.5 Å². The minimum atomic E-state index is 0.186. The third-order valence-corrected chi connectivity index (χ3v) is 2.65. The van der Waals surface area contributed by atoms with E-state index in [1.54, 1.807) is 7.11 Å². The molecule has 7 nitrogen and oxygen atoms in total. The standard InChI is InChI=1S/C10H16ClN5O2/c1-17-5-2-12-9-13-8(11)14-10(15-9)16-3-6-18-7-4-16/h2-7H2,1H3,(H,12,13,14,15). The van der Waals surface area contributed by atoms with Gasteiger partial charge in [0.25, 0.3) is 0 Å².